The maximum atomic E-state index is 15.7. The first-order chi connectivity index (χ1) is 21.9. The number of benzene rings is 2. The molecule has 1 saturated heterocycles. The molecule has 0 bridgehead atoms. The molecule has 1 atom stereocenters. The van der Waals surface area contributed by atoms with E-state index in [1.807, 2.05) is 13.8 Å². The molecule has 1 aliphatic heterocycles. The van der Waals surface area contributed by atoms with Crippen molar-refractivity contribution in [3.05, 3.63) is 59.7 Å². The van der Waals surface area contributed by atoms with Crippen LogP contribution >= 0.6 is 0 Å². The fourth-order valence-corrected chi connectivity index (χ4v) is 5.28. The normalized spacial score (nSPS) is 14.6. The predicted molar refractivity (Wildman–Crippen MR) is 171 cm³/mol. The second-order valence-corrected chi connectivity index (χ2v) is 12.7. The number of hydrogen-bond donors (Lipinski definition) is 0. The van der Waals surface area contributed by atoms with E-state index in [0.29, 0.717) is 35.7 Å². The average Bonchev–Trinajstić information content (AvgIpc) is 3.52. The van der Waals surface area contributed by atoms with E-state index in [2.05, 4.69) is 15.0 Å². The van der Waals surface area contributed by atoms with Crippen molar-refractivity contribution < 1.29 is 37.5 Å². The molecule has 2 aromatic carbocycles. The second-order valence-electron chi connectivity index (χ2n) is 12.7. The molecule has 0 spiro atoms. The molecule has 1 unspecified atom stereocenters. The SMILES string of the molecule is COC(=O)C(c1ccc(OCCCC2CCN(c3nc(C(C)C)no3)CC2)cc1F)N(C(=O)OC(C)(C)C)c1ccc(OC)cc1. The zero-order valence-electron chi connectivity index (χ0n) is 27.7. The number of esters is 1. The van der Waals surface area contributed by atoms with Crippen LogP contribution in [-0.2, 0) is 14.3 Å². The fraction of sp³-hybridized carbons (Fsp3) is 0.529. The number of amides is 1. The van der Waals surface area contributed by atoms with Crippen LogP contribution in [0.5, 0.6) is 11.5 Å². The minimum absolute atomic E-state index is 0.0607. The highest BCUT2D eigenvalue weighted by atomic mass is 19.1. The Kier molecular flexibility index (Phi) is 11.5. The Morgan fingerprint density at radius 1 is 1.07 bits per heavy atom. The van der Waals surface area contributed by atoms with Crippen LogP contribution in [0, 0.1) is 11.7 Å². The Morgan fingerprint density at radius 2 is 1.74 bits per heavy atom. The lowest BCUT2D eigenvalue weighted by atomic mass is 9.92. The highest BCUT2D eigenvalue weighted by Crippen LogP contribution is 2.34. The van der Waals surface area contributed by atoms with Crippen molar-refractivity contribution in [2.24, 2.45) is 5.92 Å². The van der Waals surface area contributed by atoms with Crippen molar-refractivity contribution in [3.8, 4) is 11.5 Å². The monoisotopic (exact) mass is 640 g/mol. The lowest BCUT2D eigenvalue weighted by Gasteiger charge is -2.32. The van der Waals surface area contributed by atoms with Gasteiger partial charge in [0.1, 0.15) is 22.9 Å². The molecule has 0 saturated carbocycles. The van der Waals surface area contributed by atoms with Crippen LogP contribution in [0.1, 0.15) is 83.6 Å². The number of nitrogens with zero attached hydrogens (tertiary/aromatic N) is 4. The number of hydrogen-bond acceptors (Lipinski definition) is 10. The summed E-state index contributed by atoms with van der Waals surface area (Å²) in [5.74, 6) is 0.806. The summed E-state index contributed by atoms with van der Waals surface area (Å²) >= 11 is 0. The number of anilines is 2. The van der Waals surface area contributed by atoms with E-state index in [4.69, 9.17) is 23.5 Å². The number of methoxy groups -OCH3 is 2. The summed E-state index contributed by atoms with van der Waals surface area (Å²) in [7, 11) is 2.70. The van der Waals surface area contributed by atoms with Gasteiger partial charge in [-0.15, -0.1) is 0 Å². The number of rotatable bonds is 12. The maximum Gasteiger partial charge on any atom is 0.415 e. The smallest absolute Gasteiger partial charge is 0.415 e. The summed E-state index contributed by atoms with van der Waals surface area (Å²) in [6.45, 7) is 11.3. The molecule has 1 aliphatic rings. The quantitative estimate of drug-likeness (QED) is 0.150. The van der Waals surface area contributed by atoms with Gasteiger partial charge in [-0.3, -0.25) is 4.90 Å². The summed E-state index contributed by atoms with van der Waals surface area (Å²) in [5.41, 5.74) is -0.635. The Bertz CT molecular complexity index is 1450. The fourth-order valence-electron chi connectivity index (χ4n) is 5.28. The Morgan fingerprint density at radius 3 is 2.30 bits per heavy atom. The molecular weight excluding hydrogens is 595 g/mol. The van der Waals surface area contributed by atoms with Crippen molar-refractivity contribution in [2.45, 2.75) is 77.9 Å². The predicted octanol–water partition coefficient (Wildman–Crippen LogP) is 7.07. The van der Waals surface area contributed by atoms with Gasteiger partial charge in [0.05, 0.1) is 20.8 Å². The third kappa shape index (κ3) is 8.88. The topological polar surface area (TPSA) is 116 Å². The number of carbonyl (C=O) groups excluding carboxylic acids is 2. The van der Waals surface area contributed by atoms with Crippen LogP contribution in [0.15, 0.2) is 47.0 Å². The summed E-state index contributed by atoms with van der Waals surface area (Å²) in [4.78, 5) is 34.3. The molecule has 46 heavy (non-hydrogen) atoms. The standard InChI is InChI=1S/C34H45FN4O7/c1-22(2)30-36-32(46-37-30)38-18-16-23(17-19-38)9-8-20-44-26-14-15-27(28(35)21-26)29(31(40)43-7)39(33(41)45-34(3,4)5)24-10-12-25(42-6)13-11-24/h10-15,21-23,29H,8-9,16-20H2,1-7H3. The van der Waals surface area contributed by atoms with Crippen molar-refractivity contribution in [1.82, 2.24) is 10.1 Å². The number of piperidine rings is 1. The van der Waals surface area contributed by atoms with Crippen LogP contribution in [0.25, 0.3) is 0 Å². The molecule has 11 nitrogen and oxygen atoms in total. The third-order valence-corrected chi connectivity index (χ3v) is 7.75. The minimum Gasteiger partial charge on any atom is -0.497 e. The molecule has 4 rings (SSSR count). The molecule has 1 fully saturated rings. The summed E-state index contributed by atoms with van der Waals surface area (Å²) in [6, 6.07) is 9.82. The van der Waals surface area contributed by atoms with E-state index < -0.39 is 29.5 Å². The Balaban J connectivity index is 1.40. The highest BCUT2D eigenvalue weighted by Gasteiger charge is 2.38. The van der Waals surface area contributed by atoms with Gasteiger partial charge in [-0.1, -0.05) is 19.0 Å². The molecular formula is C34H45FN4O7. The number of aromatic nitrogens is 2. The van der Waals surface area contributed by atoms with Crippen molar-refractivity contribution in [1.29, 1.82) is 0 Å². The highest BCUT2D eigenvalue weighted by molar-refractivity contribution is 5.96. The Hall–Kier alpha value is -4.35. The van der Waals surface area contributed by atoms with Crippen molar-refractivity contribution in [2.75, 3.05) is 43.7 Å². The van der Waals surface area contributed by atoms with Gasteiger partial charge < -0.3 is 28.4 Å². The van der Waals surface area contributed by atoms with Crippen LogP contribution < -0.4 is 19.3 Å². The molecule has 12 heteroatoms. The average molecular weight is 641 g/mol. The van der Waals surface area contributed by atoms with Crippen molar-refractivity contribution in [3.63, 3.8) is 0 Å². The van der Waals surface area contributed by atoms with E-state index in [9.17, 15) is 9.59 Å². The molecule has 0 aliphatic carbocycles. The molecule has 2 heterocycles. The summed E-state index contributed by atoms with van der Waals surface area (Å²) < 4.78 is 42.9. The van der Waals surface area contributed by atoms with E-state index in [1.165, 1.54) is 26.4 Å². The zero-order valence-corrected chi connectivity index (χ0v) is 27.7. The van der Waals surface area contributed by atoms with Gasteiger partial charge >= 0.3 is 18.1 Å². The van der Waals surface area contributed by atoms with E-state index >= 15 is 4.39 Å². The largest absolute Gasteiger partial charge is 0.497 e. The van der Waals surface area contributed by atoms with Crippen LogP contribution in [0.3, 0.4) is 0 Å². The molecule has 1 aromatic heterocycles. The first kappa shape index (κ1) is 34.5. The molecule has 3 aromatic rings. The third-order valence-electron chi connectivity index (χ3n) is 7.75. The molecule has 250 valence electrons. The number of halogens is 1. The second kappa shape index (κ2) is 15.3. The molecule has 0 radical (unpaired) electrons. The van der Waals surface area contributed by atoms with E-state index in [0.717, 1.165) is 49.5 Å². The van der Waals surface area contributed by atoms with Gasteiger partial charge in [0.2, 0.25) is 0 Å². The zero-order chi connectivity index (χ0) is 33.4. The minimum atomic E-state index is -1.46. The van der Waals surface area contributed by atoms with Crippen LogP contribution in [0.4, 0.5) is 20.9 Å². The van der Waals surface area contributed by atoms with Gasteiger partial charge in [0.15, 0.2) is 11.9 Å². The van der Waals surface area contributed by atoms with Gasteiger partial charge in [-0.25, -0.2) is 14.0 Å². The number of ether oxygens (including phenoxy) is 4. The van der Waals surface area contributed by atoms with Gasteiger partial charge in [0, 0.05) is 36.3 Å². The lowest BCUT2D eigenvalue weighted by molar-refractivity contribution is -0.142. The summed E-state index contributed by atoms with van der Waals surface area (Å²) in [5, 5.41) is 4.06. The van der Waals surface area contributed by atoms with Crippen molar-refractivity contribution >= 4 is 23.8 Å². The van der Waals surface area contributed by atoms with Gasteiger partial charge in [-0.2, -0.15) is 4.98 Å². The van der Waals surface area contributed by atoms with Gasteiger partial charge in [-0.05, 0) is 88.8 Å². The Labute approximate surface area is 269 Å². The van der Waals surface area contributed by atoms with E-state index in [-0.39, 0.29) is 11.5 Å². The first-order valence-corrected chi connectivity index (χ1v) is 15.6. The van der Waals surface area contributed by atoms with Gasteiger partial charge in [0.25, 0.3) is 0 Å². The lowest BCUT2D eigenvalue weighted by Crippen LogP contribution is -2.43. The number of carbonyl (C=O) groups is 2. The molecule has 1 amide bonds. The summed E-state index contributed by atoms with van der Waals surface area (Å²) in [6.07, 6.45) is 2.98. The van der Waals surface area contributed by atoms with Crippen LogP contribution in [-0.4, -0.2) is 61.7 Å². The first-order valence-electron chi connectivity index (χ1n) is 15.6. The maximum absolute atomic E-state index is 15.7. The van der Waals surface area contributed by atoms with E-state index in [1.54, 1.807) is 51.1 Å². The molecule has 0 N–H and O–H groups in total. The van der Waals surface area contributed by atoms with Crippen LogP contribution in [0.2, 0.25) is 0 Å².